The highest BCUT2D eigenvalue weighted by Crippen LogP contribution is 2.33. The number of thiocarbonyl (C=S) groups is 1. The first-order valence-electron chi connectivity index (χ1n) is 6.40. The van der Waals surface area contributed by atoms with E-state index < -0.39 is 12.1 Å². The summed E-state index contributed by atoms with van der Waals surface area (Å²) >= 11 is 4.92. The van der Waals surface area contributed by atoms with Gasteiger partial charge >= 0.3 is 6.18 Å². The number of rotatable bonds is 3. The van der Waals surface area contributed by atoms with Gasteiger partial charge in [0.2, 0.25) is 0 Å². The maximum atomic E-state index is 12.8. The van der Waals surface area contributed by atoms with Gasteiger partial charge in [0.1, 0.15) is 10.7 Å². The molecule has 1 fully saturated rings. The number of aromatic nitrogens is 1. The first-order valence-corrected chi connectivity index (χ1v) is 6.81. The molecule has 2 heterocycles. The van der Waals surface area contributed by atoms with Crippen molar-refractivity contribution in [3.8, 4) is 0 Å². The number of likely N-dealkylation sites (tertiary alicyclic amines) is 1. The minimum absolute atomic E-state index is 0.0230. The highest BCUT2D eigenvalue weighted by Gasteiger charge is 2.41. The van der Waals surface area contributed by atoms with Gasteiger partial charge in [0.05, 0.1) is 5.92 Å². The Morgan fingerprint density at radius 3 is 2.90 bits per heavy atom. The van der Waals surface area contributed by atoms with Gasteiger partial charge < -0.3 is 5.73 Å². The maximum absolute atomic E-state index is 12.8. The number of pyridine rings is 1. The summed E-state index contributed by atoms with van der Waals surface area (Å²) in [5, 5.41) is 0. The van der Waals surface area contributed by atoms with Crippen molar-refractivity contribution < 1.29 is 13.2 Å². The topological polar surface area (TPSA) is 42.1 Å². The van der Waals surface area contributed by atoms with Crippen LogP contribution in [0.4, 0.5) is 13.2 Å². The van der Waals surface area contributed by atoms with Crippen LogP contribution >= 0.6 is 12.2 Å². The third-order valence-electron chi connectivity index (χ3n) is 3.49. The summed E-state index contributed by atoms with van der Waals surface area (Å²) in [7, 11) is 0. The van der Waals surface area contributed by atoms with Crippen molar-refractivity contribution in [2.75, 3.05) is 13.1 Å². The molecule has 20 heavy (non-hydrogen) atoms. The van der Waals surface area contributed by atoms with Crippen LogP contribution in [-0.4, -0.2) is 34.1 Å². The molecule has 0 aromatic carbocycles. The molecule has 110 valence electrons. The highest BCUT2D eigenvalue weighted by molar-refractivity contribution is 7.80. The number of nitrogens with two attached hydrogens (primary N) is 1. The Labute approximate surface area is 121 Å². The van der Waals surface area contributed by atoms with Gasteiger partial charge in [0.25, 0.3) is 0 Å². The second-order valence-corrected chi connectivity index (χ2v) is 5.43. The lowest BCUT2D eigenvalue weighted by molar-refractivity contribution is -0.187. The van der Waals surface area contributed by atoms with Crippen molar-refractivity contribution in [1.29, 1.82) is 0 Å². The molecular formula is C13H16F3N3S. The highest BCUT2D eigenvalue weighted by atomic mass is 32.1. The quantitative estimate of drug-likeness (QED) is 0.871. The molecule has 3 nitrogen and oxygen atoms in total. The van der Waals surface area contributed by atoms with Gasteiger partial charge in [-0.15, -0.1) is 0 Å². The summed E-state index contributed by atoms with van der Waals surface area (Å²) in [5.41, 5.74) is 6.86. The van der Waals surface area contributed by atoms with Crippen molar-refractivity contribution in [3.63, 3.8) is 0 Å². The van der Waals surface area contributed by atoms with Gasteiger partial charge in [0.15, 0.2) is 0 Å². The zero-order chi connectivity index (χ0) is 14.8. The monoisotopic (exact) mass is 303 g/mol. The van der Waals surface area contributed by atoms with Crippen LogP contribution in [0.25, 0.3) is 0 Å². The molecule has 0 amide bonds. The lowest BCUT2D eigenvalue weighted by Crippen LogP contribution is -2.41. The minimum Gasteiger partial charge on any atom is -0.388 e. The molecule has 1 aliphatic rings. The van der Waals surface area contributed by atoms with E-state index in [1.807, 2.05) is 0 Å². The standard InChI is InChI=1S/C13H16F3N3S/c14-13(15,16)10-4-2-6-19(8-10)7-9-3-1-5-18-11(9)12(17)20/h1,3,5,10H,2,4,6-8H2,(H2,17,20). The number of halogens is 3. The third-order valence-corrected chi connectivity index (χ3v) is 3.68. The van der Waals surface area contributed by atoms with Crippen LogP contribution in [0.5, 0.6) is 0 Å². The van der Waals surface area contributed by atoms with Gasteiger partial charge in [-0.3, -0.25) is 9.88 Å². The molecular weight excluding hydrogens is 287 g/mol. The average Bonchev–Trinajstić information content (AvgIpc) is 2.38. The number of hydrogen-bond acceptors (Lipinski definition) is 3. The second kappa shape index (κ2) is 6.05. The largest absolute Gasteiger partial charge is 0.393 e. The summed E-state index contributed by atoms with van der Waals surface area (Å²) in [4.78, 5) is 6.06. The lowest BCUT2D eigenvalue weighted by atomic mass is 9.97. The zero-order valence-electron chi connectivity index (χ0n) is 10.9. The van der Waals surface area contributed by atoms with E-state index in [0.29, 0.717) is 25.2 Å². The van der Waals surface area contributed by atoms with Crippen molar-refractivity contribution in [3.05, 3.63) is 29.6 Å². The number of alkyl halides is 3. The average molecular weight is 303 g/mol. The predicted molar refractivity (Wildman–Crippen MR) is 74.2 cm³/mol. The molecule has 0 saturated carbocycles. The molecule has 0 aliphatic carbocycles. The first kappa shape index (κ1) is 15.2. The Morgan fingerprint density at radius 1 is 1.50 bits per heavy atom. The van der Waals surface area contributed by atoms with Crippen LogP contribution in [0.1, 0.15) is 24.1 Å². The summed E-state index contributed by atoms with van der Waals surface area (Å²) in [6.07, 6.45) is -1.80. The zero-order valence-corrected chi connectivity index (χ0v) is 11.7. The summed E-state index contributed by atoms with van der Waals surface area (Å²) in [5.74, 6) is -1.25. The van der Waals surface area contributed by atoms with E-state index >= 15 is 0 Å². The smallest absolute Gasteiger partial charge is 0.388 e. The molecule has 0 bridgehead atoms. The van der Waals surface area contributed by atoms with E-state index in [1.54, 1.807) is 23.2 Å². The first-order chi connectivity index (χ1) is 9.38. The molecule has 7 heteroatoms. The molecule has 0 spiro atoms. The third kappa shape index (κ3) is 3.67. The van der Waals surface area contributed by atoms with Crippen molar-refractivity contribution in [2.45, 2.75) is 25.6 Å². The van der Waals surface area contributed by atoms with Crippen LogP contribution < -0.4 is 5.73 Å². The second-order valence-electron chi connectivity index (χ2n) is 4.99. The van der Waals surface area contributed by atoms with Gasteiger partial charge in [-0.25, -0.2) is 0 Å². The van der Waals surface area contributed by atoms with E-state index in [2.05, 4.69) is 4.98 Å². The Balaban J connectivity index is 2.09. The fourth-order valence-electron chi connectivity index (χ4n) is 2.50. The summed E-state index contributed by atoms with van der Waals surface area (Å²) in [6.45, 7) is 1.07. The van der Waals surface area contributed by atoms with E-state index in [9.17, 15) is 13.2 Å². The number of piperidine rings is 1. The summed E-state index contributed by atoms with van der Waals surface area (Å²) in [6, 6.07) is 3.54. The molecule has 1 aromatic rings. The normalized spacial score (nSPS) is 20.9. The molecule has 1 aromatic heterocycles. The Kier molecular flexibility index (Phi) is 4.59. The van der Waals surface area contributed by atoms with Crippen LogP contribution in [0, 0.1) is 5.92 Å². The fraction of sp³-hybridized carbons (Fsp3) is 0.538. The fourth-order valence-corrected chi connectivity index (χ4v) is 2.68. The minimum atomic E-state index is -4.13. The van der Waals surface area contributed by atoms with Gasteiger partial charge in [-0.1, -0.05) is 18.3 Å². The van der Waals surface area contributed by atoms with E-state index in [4.69, 9.17) is 18.0 Å². The molecule has 2 N–H and O–H groups in total. The number of hydrogen-bond donors (Lipinski definition) is 1. The lowest BCUT2D eigenvalue weighted by Gasteiger charge is -2.33. The van der Waals surface area contributed by atoms with E-state index in [0.717, 1.165) is 5.56 Å². The van der Waals surface area contributed by atoms with Crippen LogP contribution in [0.2, 0.25) is 0 Å². The van der Waals surface area contributed by atoms with Gasteiger partial charge in [-0.05, 0) is 31.0 Å². The Morgan fingerprint density at radius 2 is 2.25 bits per heavy atom. The SMILES string of the molecule is NC(=S)c1ncccc1CN1CCCC(C(F)(F)F)C1. The Hall–Kier alpha value is -1.21. The van der Waals surface area contributed by atoms with E-state index in [1.165, 1.54) is 0 Å². The molecule has 0 radical (unpaired) electrons. The number of nitrogens with zero attached hydrogens (tertiary/aromatic N) is 2. The maximum Gasteiger partial charge on any atom is 0.393 e. The van der Waals surface area contributed by atoms with Gasteiger partial charge in [-0.2, -0.15) is 13.2 Å². The van der Waals surface area contributed by atoms with Gasteiger partial charge in [0, 0.05) is 19.3 Å². The van der Waals surface area contributed by atoms with E-state index in [-0.39, 0.29) is 18.0 Å². The summed E-state index contributed by atoms with van der Waals surface area (Å²) < 4.78 is 38.3. The molecule has 1 atom stereocenters. The van der Waals surface area contributed by atoms with Crippen LogP contribution in [0.3, 0.4) is 0 Å². The van der Waals surface area contributed by atoms with Crippen LogP contribution in [0.15, 0.2) is 18.3 Å². The van der Waals surface area contributed by atoms with Crippen LogP contribution in [-0.2, 0) is 6.54 Å². The molecule has 1 unspecified atom stereocenters. The van der Waals surface area contributed by atoms with Crippen molar-refractivity contribution in [2.24, 2.45) is 11.7 Å². The Bertz CT molecular complexity index is 490. The van der Waals surface area contributed by atoms with Crippen molar-refractivity contribution >= 4 is 17.2 Å². The predicted octanol–water partition coefficient (Wildman–Crippen LogP) is 2.49. The molecule has 2 rings (SSSR count). The van der Waals surface area contributed by atoms with Crippen molar-refractivity contribution in [1.82, 2.24) is 9.88 Å². The molecule has 1 saturated heterocycles. The molecule has 1 aliphatic heterocycles.